The maximum absolute atomic E-state index is 6.43. The first-order valence-electron chi connectivity index (χ1n) is 10.2. The molecule has 0 saturated heterocycles. The first-order chi connectivity index (χ1) is 15.1. The minimum atomic E-state index is 0.592. The van der Waals surface area contributed by atoms with Gasteiger partial charge in [0.25, 0.3) is 0 Å². The highest BCUT2D eigenvalue weighted by atomic mass is 35.5. The van der Waals surface area contributed by atoms with E-state index < -0.39 is 0 Å². The van der Waals surface area contributed by atoms with Crippen molar-refractivity contribution in [2.45, 2.75) is 27.1 Å². The molecule has 0 amide bonds. The number of hydrogen-bond donors (Lipinski definition) is 0. The molecule has 0 N–H and O–H groups in total. The van der Waals surface area contributed by atoms with E-state index in [2.05, 4.69) is 41.1 Å². The molecular formula is C24H24ClN5S. The van der Waals surface area contributed by atoms with Gasteiger partial charge in [0.1, 0.15) is 0 Å². The molecule has 0 unspecified atom stereocenters. The van der Waals surface area contributed by atoms with Crippen LogP contribution in [0.1, 0.15) is 18.1 Å². The lowest BCUT2D eigenvalue weighted by Gasteiger charge is -2.20. The van der Waals surface area contributed by atoms with E-state index in [1.165, 1.54) is 5.56 Å². The maximum atomic E-state index is 6.43. The smallest absolute Gasteiger partial charge is 0.204 e. The highest BCUT2D eigenvalue weighted by Gasteiger charge is 2.18. The summed E-state index contributed by atoms with van der Waals surface area (Å²) in [6, 6.07) is 20.2. The summed E-state index contributed by atoms with van der Waals surface area (Å²) in [5, 5.41) is 5.62. The zero-order valence-electron chi connectivity index (χ0n) is 17.6. The fourth-order valence-electron chi connectivity index (χ4n) is 3.54. The molecule has 7 heteroatoms. The van der Waals surface area contributed by atoms with Crippen molar-refractivity contribution in [1.29, 1.82) is 0 Å². The highest BCUT2D eigenvalue weighted by Crippen LogP contribution is 2.28. The molecule has 158 valence electrons. The van der Waals surface area contributed by atoms with E-state index in [0.717, 1.165) is 35.7 Å². The van der Waals surface area contributed by atoms with Gasteiger partial charge in [0.2, 0.25) is 4.77 Å². The van der Waals surface area contributed by atoms with Gasteiger partial charge in [-0.05, 0) is 61.1 Å². The van der Waals surface area contributed by atoms with E-state index in [9.17, 15) is 0 Å². The van der Waals surface area contributed by atoms with Crippen molar-refractivity contribution < 1.29 is 0 Å². The average Bonchev–Trinajstić information content (AvgIpc) is 3.12. The van der Waals surface area contributed by atoms with Crippen LogP contribution in [0.5, 0.6) is 0 Å². The lowest BCUT2D eigenvalue weighted by atomic mass is 10.2. The van der Waals surface area contributed by atoms with Gasteiger partial charge in [-0.15, -0.1) is 5.10 Å². The second kappa shape index (κ2) is 9.56. The van der Waals surface area contributed by atoms with Crippen molar-refractivity contribution >= 4 is 23.8 Å². The third kappa shape index (κ3) is 4.61. The Balaban J connectivity index is 1.78. The molecule has 5 nitrogen and oxygen atoms in total. The van der Waals surface area contributed by atoms with Gasteiger partial charge in [-0.3, -0.25) is 14.5 Å². The van der Waals surface area contributed by atoms with Crippen LogP contribution in [0.15, 0.2) is 73.1 Å². The molecule has 2 heterocycles. The van der Waals surface area contributed by atoms with Gasteiger partial charge in [-0.1, -0.05) is 54.9 Å². The first kappa shape index (κ1) is 21.4. The molecule has 0 aliphatic carbocycles. The predicted molar refractivity (Wildman–Crippen MR) is 128 cm³/mol. The number of nitrogens with zero attached hydrogens (tertiary/aromatic N) is 5. The van der Waals surface area contributed by atoms with Crippen LogP contribution < -0.4 is 0 Å². The molecule has 0 saturated carbocycles. The van der Waals surface area contributed by atoms with Crippen LogP contribution in [0.4, 0.5) is 0 Å². The summed E-state index contributed by atoms with van der Waals surface area (Å²) in [4.78, 5) is 6.45. The van der Waals surface area contributed by atoms with E-state index in [-0.39, 0.29) is 0 Å². The molecule has 2 aromatic heterocycles. The van der Waals surface area contributed by atoms with Gasteiger partial charge in [0.05, 0.1) is 12.4 Å². The second-order valence-corrected chi connectivity index (χ2v) is 8.11. The minimum absolute atomic E-state index is 0.592. The Morgan fingerprint density at radius 2 is 1.74 bits per heavy atom. The molecule has 0 aliphatic rings. The number of halogens is 1. The van der Waals surface area contributed by atoms with Crippen molar-refractivity contribution in [3.05, 3.63) is 94.0 Å². The largest absolute Gasteiger partial charge is 0.280 e. The average molecular weight is 450 g/mol. The van der Waals surface area contributed by atoms with Gasteiger partial charge >= 0.3 is 0 Å². The molecule has 0 aliphatic heterocycles. The molecule has 0 bridgehead atoms. The quantitative estimate of drug-likeness (QED) is 0.329. The normalized spacial score (nSPS) is 11.2. The Labute approximate surface area is 192 Å². The van der Waals surface area contributed by atoms with Crippen LogP contribution in [0.25, 0.3) is 17.1 Å². The molecule has 4 aromatic rings. The summed E-state index contributed by atoms with van der Waals surface area (Å²) in [5.41, 5.74) is 4.11. The lowest BCUT2D eigenvalue weighted by molar-refractivity contribution is 0.207. The summed E-state index contributed by atoms with van der Waals surface area (Å²) >= 11 is 12.3. The van der Waals surface area contributed by atoms with Crippen LogP contribution >= 0.6 is 23.8 Å². The molecule has 0 fully saturated rings. The van der Waals surface area contributed by atoms with Gasteiger partial charge in [-0.2, -0.15) is 0 Å². The van der Waals surface area contributed by atoms with Crippen LogP contribution in [0.3, 0.4) is 0 Å². The van der Waals surface area contributed by atoms with Crippen LogP contribution in [-0.4, -0.2) is 30.8 Å². The fourth-order valence-corrected chi connectivity index (χ4v) is 3.99. The SMILES string of the molecule is CCN(Cc1ccccc1)Cn1nc(-c2ccncc2)n(-c2cccc(Cl)c2C)c1=S. The molecule has 4 rings (SSSR count). The second-order valence-electron chi connectivity index (χ2n) is 7.33. The third-order valence-corrected chi connectivity index (χ3v) is 6.09. The van der Waals surface area contributed by atoms with E-state index in [1.54, 1.807) is 12.4 Å². The van der Waals surface area contributed by atoms with Gasteiger partial charge in [0.15, 0.2) is 5.82 Å². The van der Waals surface area contributed by atoms with Crippen molar-refractivity contribution in [3.63, 3.8) is 0 Å². The van der Waals surface area contributed by atoms with E-state index in [0.29, 0.717) is 16.5 Å². The molecule has 2 aromatic carbocycles. The number of hydrogen-bond acceptors (Lipinski definition) is 4. The summed E-state index contributed by atoms with van der Waals surface area (Å²) in [7, 11) is 0. The van der Waals surface area contributed by atoms with E-state index in [1.807, 2.05) is 52.6 Å². The van der Waals surface area contributed by atoms with Gasteiger partial charge < -0.3 is 0 Å². The standard InChI is InChI=1S/C24H24ClN5S/c1-3-28(16-19-8-5-4-6-9-19)17-29-24(31)30(22-11-7-10-21(25)18(22)2)23(27-29)20-12-14-26-15-13-20/h4-15H,3,16-17H2,1-2H3. The van der Waals surface area contributed by atoms with Crippen LogP contribution in [0.2, 0.25) is 5.02 Å². The molecule has 0 radical (unpaired) electrons. The number of aromatic nitrogens is 4. The highest BCUT2D eigenvalue weighted by molar-refractivity contribution is 7.71. The number of benzene rings is 2. The van der Waals surface area contributed by atoms with Crippen molar-refractivity contribution in [3.8, 4) is 17.1 Å². The summed E-state index contributed by atoms with van der Waals surface area (Å²) in [6.07, 6.45) is 3.53. The summed E-state index contributed by atoms with van der Waals surface area (Å²) < 4.78 is 4.52. The van der Waals surface area contributed by atoms with Crippen molar-refractivity contribution in [1.82, 2.24) is 24.2 Å². The lowest BCUT2D eigenvalue weighted by Crippen LogP contribution is -2.26. The first-order valence-corrected chi connectivity index (χ1v) is 11.0. The molecule has 31 heavy (non-hydrogen) atoms. The zero-order valence-corrected chi connectivity index (χ0v) is 19.1. The fraction of sp³-hybridized carbons (Fsp3) is 0.208. The zero-order chi connectivity index (χ0) is 21.8. The number of rotatable bonds is 7. The minimum Gasteiger partial charge on any atom is -0.280 e. The van der Waals surface area contributed by atoms with E-state index >= 15 is 0 Å². The Hall–Kier alpha value is -2.80. The van der Waals surface area contributed by atoms with Crippen molar-refractivity contribution in [2.24, 2.45) is 0 Å². The van der Waals surface area contributed by atoms with Crippen LogP contribution in [0, 0.1) is 11.7 Å². The Kier molecular flexibility index (Phi) is 6.61. The Morgan fingerprint density at radius 3 is 2.45 bits per heavy atom. The molecular weight excluding hydrogens is 426 g/mol. The maximum Gasteiger partial charge on any atom is 0.204 e. The Morgan fingerprint density at radius 1 is 1.00 bits per heavy atom. The van der Waals surface area contributed by atoms with Gasteiger partial charge in [0, 0.05) is 29.5 Å². The molecule has 0 spiro atoms. The molecule has 0 atom stereocenters. The third-order valence-electron chi connectivity index (χ3n) is 5.29. The Bertz CT molecular complexity index is 1220. The number of pyridine rings is 1. The monoisotopic (exact) mass is 449 g/mol. The summed E-state index contributed by atoms with van der Waals surface area (Å²) in [6.45, 7) is 6.45. The van der Waals surface area contributed by atoms with Crippen LogP contribution in [-0.2, 0) is 13.2 Å². The summed E-state index contributed by atoms with van der Waals surface area (Å²) in [5.74, 6) is 0.772. The predicted octanol–water partition coefficient (Wildman–Crippen LogP) is 5.91. The topological polar surface area (TPSA) is 38.9 Å². The van der Waals surface area contributed by atoms with E-state index in [4.69, 9.17) is 28.9 Å². The van der Waals surface area contributed by atoms with Crippen molar-refractivity contribution in [2.75, 3.05) is 6.54 Å². The van der Waals surface area contributed by atoms with Gasteiger partial charge in [-0.25, -0.2) is 4.68 Å².